The molecule has 0 saturated carbocycles. The fourth-order valence-corrected chi connectivity index (χ4v) is 3.48. The van der Waals surface area contributed by atoms with Crippen molar-refractivity contribution in [1.29, 1.82) is 0 Å². The summed E-state index contributed by atoms with van der Waals surface area (Å²) in [5.74, 6) is 0. The molecule has 1 aliphatic rings. The first kappa shape index (κ1) is 18.2. The normalized spacial score (nSPS) is 16.3. The molecule has 0 amide bonds. The number of benzene rings is 2. The van der Waals surface area contributed by atoms with E-state index in [2.05, 4.69) is 89.1 Å². The predicted molar refractivity (Wildman–Crippen MR) is 109 cm³/mol. The molecule has 0 unspecified atom stereocenters. The number of hydrogen-bond donors (Lipinski definition) is 0. The van der Waals surface area contributed by atoms with E-state index in [1.807, 2.05) is 0 Å². The molecule has 1 heterocycles. The first-order chi connectivity index (χ1) is 12.0. The van der Waals surface area contributed by atoms with E-state index in [-0.39, 0.29) is 0 Å². The van der Waals surface area contributed by atoms with Crippen molar-refractivity contribution >= 4 is 21.6 Å². The molecule has 2 aromatic carbocycles. The molecule has 0 aliphatic carbocycles. The topological polar surface area (TPSA) is 18.8 Å². The quantitative estimate of drug-likeness (QED) is 0.699. The molecule has 1 fully saturated rings. The van der Waals surface area contributed by atoms with Gasteiger partial charge in [0.05, 0.1) is 5.71 Å². The average Bonchev–Trinajstić information content (AvgIpc) is 2.59. The number of aryl methyl sites for hydroxylation is 2. The molecule has 25 heavy (non-hydrogen) atoms. The third-order valence-corrected chi connectivity index (χ3v) is 5.32. The highest BCUT2D eigenvalue weighted by atomic mass is 79.9. The van der Waals surface area contributed by atoms with E-state index in [1.54, 1.807) is 0 Å². The van der Waals surface area contributed by atoms with Crippen molar-refractivity contribution in [3.8, 4) is 0 Å². The van der Waals surface area contributed by atoms with Crippen LogP contribution in [0.2, 0.25) is 0 Å². The van der Waals surface area contributed by atoms with Crippen LogP contribution in [0, 0.1) is 13.8 Å². The van der Waals surface area contributed by atoms with E-state index < -0.39 is 0 Å². The molecule has 0 aromatic heterocycles. The Bertz CT molecular complexity index is 744. The Kier molecular flexibility index (Phi) is 5.92. The van der Waals surface area contributed by atoms with Crippen LogP contribution in [0.25, 0.3) is 0 Å². The molecule has 4 heteroatoms. The maximum absolute atomic E-state index is 4.81. The molecule has 0 atom stereocenters. The summed E-state index contributed by atoms with van der Waals surface area (Å²) in [4.78, 5) is 2.53. The van der Waals surface area contributed by atoms with Gasteiger partial charge >= 0.3 is 0 Å². The van der Waals surface area contributed by atoms with E-state index in [0.29, 0.717) is 0 Å². The summed E-state index contributed by atoms with van der Waals surface area (Å²) >= 11 is 3.48. The minimum atomic E-state index is 0.985. The van der Waals surface area contributed by atoms with Crippen LogP contribution in [-0.2, 0) is 6.54 Å². The summed E-state index contributed by atoms with van der Waals surface area (Å²) in [5, 5.41) is 7.02. The van der Waals surface area contributed by atoms with Crippen LogP contribution >= 0.6 is 15.9 Å². The number of hydrogen-bond acceptors (Lipinski definition) is 3. The zero-order valence-electron chi connectivity index (χ0n) is 15.3. The van der Waals surface area contributed by atoms with Crippen molar-refractivity contribution in [2.24, 2.45) is 5.10 Å². The van der Waals surface area contributed by atoms with Gasteiger partial charge in [-0.05, 0) is 49.6 Å². The number of nitrogens with zero attached hydrogens (tertiary/aromatic N) is 3. The Balaban J connectivity index is 1.56. The highest BCUT2D eigenvalue weighted by molar-refractivity contribution is 9.10. The minimum absolute atomic E-state index is 0.985. The molecule has 3 nitrogen and oxygen atoms in total. The lowest BCUT2D eigenvalue weighted by atomic mass is 10.1. The summed E-state index contributed by atoms with van der Waals surface area (Å²) in [7, 11) is 0. The van der Waals surface area contributed by atoms with Crippen molar-refractivity contribution < 1.29 is 0 Å². The van der Waals surface area contributed by atoms with Gasteiger partial charge in [-0.3, -0.25) is 9.91 Å². The number of rotatable bonds is 4. The summed E-state index contributed by atoms with van der Waals surface area (Å²) in [6.07, 6.45) is 0. The summed E-state index contributed by atoms with van der Waals surface area (Å²) < 4.78 is 1.10. The Morgan fingerprint density at radius 1 is 1.00 bits per heavy atom. The van der Waals surface area contributed by atoms with Gasteiger partial charge in [-0.2, -0.15) is 5.10 Å². The smallest absolute Gasteiger partial charge is 0.0646 e. The molecule has 132 valence electrons. The molecule has 0 spiro atoms. The minimum Gasteiger partial charge on any atom is -0.295 e. The van der Waals surface area contributed by atoms with Gasteiger partial charge in [-0.15, -0.1) is 0 Å². The van der Waals surface area contributed by atoms with Gasteiger partial charge in [-0.1, -0.05) is 51.8 Å². The van der Waals surface area contributed by atoms with Gasteiger partial charge < -0.3 is 0 Å². The summed E-state index contributed by atoms with van der Waals surface area (Å²) in [5.41, 5.74) is 6.43. The second-order valence-electron chi connectivity index (χ2n) is 6.85. The molecule has 1 saturated heterocycles. The first-order valence-electron chi connectivity index (χ1n) is 8.86. The Morgan fingerprint density at radius 2 is 1.68 bits per heavy atom. The highest BCUT2D eigenvalue weighted by Gasteiger charge is 2.16. The van der Waals surface area contributed by atoms with Gasteiger partial charge in [-0.25, -0.2) is 0 Å². The van der Waals surface area contributed by atoms with Crippen molar-refractivity contribution in [3.05, 3.63) is 69.2 Å². The molecular weight excluding hydrogens is 374 g/mol. The van der Waals surface area contributed by atoms with Gasteiger partial charge in [0.2, 0.25) is 0 Å². The number of piperazine rings is 1. The molecule has 0 N–H and O–H groups in total. The molecule has 0 bridgehead atoms. The highest BCUT2D eigenvalue weighted by Crippen LogP contribution is 2.15. The Labute approximate surface area is 159 Å². The van der Waals surface area contributed by atoms with E-state index in [9.17, 15) is 0 Å². The van der Waals surface area contributed by atoms with Crippen LogP contribution in [0.15, 0.2) is 52.0 Å². The second-order valence-corrected chi connectivity index (χ2v) is 7.77. The van der Waals surface area contributed by atoms with Crippen LogP contribution in [0.5, 0.6) is 0 Å². The van der Waals surface area contributed by atoms with Crippen LogP contribution in [0.4, 0.5) is 0 Å². The fourth-order valence-electron chi connectivity index (χ4n) is 3.22. The van der Waals surface area contributed by atoms with E-state index in [4.69, 9.17) is 5.10 Å². The SMILES string of the molecule is C/C(=N\N1CCN(Cc2ccc(C)cc2C)CC1)c1ccc(Br)cc1. The van der Waals surface area contributed by atoms with Crippen molar-refractivity contribution in [3.63, 3.8) is 0 Å². The average molecular weight is 400 g/mol. The van der Waals surface area contributed by atoms with Gasteiger partial charge in [0.25, 0.3) is 0 Å². The lowest BCUT2D eigenvalue weighted by molar-refractivity contribution is 0.130. The maximum atomic E-state index is 4.81. The van der Waals surface area contributed by atoms with Crippen molar-refractivity contribution in [2.45, 2.75) is 27.3 Å². The van der Waals surface area contributed by atoms with Gasteiger partial charge in [0.15, 0.2) is 0 Å². The fraction of sp³-hybridized carbons (Fsp3) is 0.381. The number of halogens is 1. The first-order valence-corrected chi connectivity index (χ1v) is 9.65. The van der Waals surface area contributed by atoms with E-state index >= 15 is 0 Å². The van der Waals surface area contributed by atoms with Crippen molar-refractivity contribution in [1.82, 2.24) is 9.91 Å². The van der Waals surface area contributed by atoms with Crippen LogP contribution < -0.4 is 0 Å². The Morgan fingerprint density at radius 3 is 2.32 bits per heavy atom. The lowest BCUT2D eigenvalue weighted by Crippen LogP contribution is -2.43. The third-order valence-electron chi connectivity index (χ3n) is 4.79. The van der Waals surface area contributed by atoms with Gasteiger partial charge in [0, 0.05) is 37.2 Å². The molecule has 0 radical (unpaired) electrons. The molecular formula is C21H26BrN3. The second kappa shape index (κ2) is 8.15. The molecule has 2 aromatic rings. The maximum Gasteiger partial charge on any atom is 0.0646 e. The van der Waals surface area contributed by atoms with E-state index in [1.165, 1.54) is 22.3 Å². The third kappa shape index (κ3) is 4.93. The summed E-state index contributed by atoms with van der Waals surface area (Å²) in [6.45, 7) is 11.6. The zero-order valence-corrected chi connectivity index (χ0v) is 16.9. The predicted octanol–water partition coefficient (Wildman–Crippen LogP) is 4.61. The van der Waals surface area contributed by atoms with Crippen LogP contribution in [-0.4, -0.2) is 41.8 Å². The van der Waals surface area contributed by atoms with E-state index in [0.717, 1.165) is 42.9 Å². The van der Waals surface area contributed by atoms with Crippen LogP contribution in [0.1, 0.15) is 29.2 Å². The number of hydrazone groups is 1. The van der Waals surface area contributed by atoms with Crippen molar-refractivity contribution in [2.75, 3.05) is 26.2 Å². The summed E-state index contributed by atoms with van der Waals surface area (Å²) in [6, 6.07) is 15.1. The molecule has 1 aliphatic heterocycles. The zero-order chi connectivity index (χ0) is 17.8. The van der Waals surface area contributed by atoms with Gasteiger partial charge in [0.1, 0.15) is 0 Å². The lowest BCUT2D eigenvalue weighted by Gasteiger charge is -2.33. The largest absolute Gasteiger partial charge is 0.295 e. The molecule has 3 rings (SSSR count). The van der Waals surface area contributed by atoms with Crippen LogP contribution in [0.3, 0.4) is 0 Å². The monoisotopic (exact) mass is 399 g/mol. The Hall–Kier alpha value is -1.65. The standard InChI is InChI=1S/C21H26BrN3/c1-16-4-5-20(17(2)14-16)15-24-10-12-25(13-11-24)23-18(3)19-6-8-21(22)9-7-19/h4-9,14H,10-13,15H2,1-3H3/b23-18+.